The van der Waals surface area contributed by atoms with E-state index in [0.29, 0.717) is 6.42 Å². The molecule has 2 aliphatic carbocycles. The van der Waals surface area contributed by atoms with Crippen molar-refractivity contribution < 1.29 is 0 Å². The molecule has 0 heterocycles. The number of fused-ring (bicyclic) bond motifs is 1. The van der Waals surface area contributed by atoms with Gasteiger partial charge in [-0.25, -0.2) is 22.8 Å². The summed E-state index contributed by atoms with van der Waals surface area (Å²) in [7, 11) is 0. The maximum absolute atomic E-state index is 7.39. The van der Waals surface area contributed by atoms with Gasteiger partial charge in [0.15, 0.2) is 0 Å². The van der Waals surface area contributed by atoms with E-state index in [1.165, 1.54) is 6.42 Å². The average molecular weight is 212 g/mol. The fourth-order valence-corrected chi connectivity index (χ4v) is 2.92. The Bertz CT molecular complexity index is 417. The molecule has 2 nitrogen and oxygen atoms in total. The molecule has 0 fully saturated rings. The molecule has 1 unspecified atom stereocenters. The average Bonchev–Trinajstić information content (AvgIpc) is 2.46. The Kier molecular flexibility index (Phi) is 2.60. The van der Waals surface area contributed by atoms with Gasteiger partial charge in [-0.15, -0.1) is 0 Å². The molecule has 0 radical (unpaired) electrons. The Morgan fingerprint density at radius 3 is 2.56 bits per heavy atom. The second-order valence-corrected chi connectivity index (χ2v) is 4.99. The molecule has 0 saturated carbocycles. The first kappa shape index (κ1) is 11.0. The van der Waals surface area contributed by atoms with Gasteiger partial charge in [-0.2, -0.15) is 0 Å². The van der Waals surface area contributed by atoms with Gasteiger partial charge in [0, 0.05) is 5.41 Å². The van der Waals surface area contributed by atoms with E-state index in [2.05, 4.69) is 28.8 Å². The first-order valence-corrected chi connectivity index (χ1v) is 5.80. The van der Waals surface area contributed by atoms with Crippen molar-refractivity contribution in [3.05, 3.63) is 46.6 Å². The van der Waals surface area contributed by atoms with Gasteiger partial charge >= 0.3 is 5.66 Å². The van der Waals surface area contributed by atoms with E-state index < -0.39 is 5.66 Å². The lowest BCUT2D eigenvalue weighted by atomic mass is 9.68. The monoisotopic (exact) mass is 212 g/mol. The highest BCUT2D eigenvalue weighted by Gasteiger charge is 2.55. The number of hydrogen-bond acceptors (Lipinski definition) is 0. The summed E-state index contributed by atoms with van der Waals surface area (Å²) in [6.07, 6.45) is 11.2. The zero-order chi connectivity index (χ0) is 11.6. The zero-order valence-electron chi connectivity index (χ0n) is 9.66. The first-order valence-electron chi connectivity index (χ1n) is 5.80. The summed E-state index contributed by atoms with van der Waals surface area (Å²) in [6.45, 7) is 17.0. The van der Waals surface area contributed by atoms with Crippen LogP contribution in [0.3, 0.4) is 0 Å². The molecule has 0 bridgehead atoms. The summed E-state index contributed by atoms with van der Waals surface area (Å²) in [5.74, 6) is 0. The molecular formula is C14H16N2. The van der Waals surface area contributed by atoms with Gasteiger partial charge in [-0.1, -0.05) is 25.2 Å². The third-order valence-electron chi connectivity index (χ3n) is 3.87. The fourth-order valence-electron chi connectivity index (χ4n) is 2.92. The molecule has 2 heteroatoms. The standard InChI is InChI=1S/C14H16N2/c1-13-9-5-4-8-12(13)14(15-2,16-3)11-7-6-10-13/h6-8H,4-5,9-11H2,1H3. The number of rotatable bonds is 0. The van der Waals surface area contributed by atoms with E-state index in [4.69, 9.17) is 13.1 Å². The molecule has 0 saturated heterocycles. The normalized spacial score (nSPS) is 31.6. The highest BCUT2D eigenvalue weighted by molar-refractivity contribution is 5.39. The Balaban J connectivity index is 2.56. The van der Waals surface area contributed by atoms with Gasteiger partial charge < -0.3 is 0 Å². The largest absolute Gasteiger partial charge is 0.509 e. The van der Waals surface area contributed by atoms with Crippen LogP contribution in [0.15, 0.2) is 23.8 Å². The van der Waals surface area contributed by atoms with Crippen LogP contribution in [0.5, 0.6) is 0 Å². The Morgan fingerprint density at radius 1 is 1.19 bits per heavy atom. The molecule has 0 amide bonds. The number of hydrogen-bond donors (Lipinski definition) is 0. The quantitative estimate of drug-likeness (QED) is 0.424. The van der Waals surface area contributed by atoms with E-state index in [-0.39, 0.29) is 5.41 Å². The maximum Gasteiger partial charge on any atom is 0.509 e. The predicted octanol–water partition coefficient (Wildman–Crippen LogP) is 3.99. The maximum atomic E-state index is 7.39. The lowest BCUT2D eigenvalue weighted by molar-refractivity contribution is 0.318. The second kappa shape index (κ2) is 3.80. The van der Waals surface area contributed by atoms with Crippen LogP contribution >= 0.6 is 0 Å². The van der Waals surface area contributed by atoms with E-state index in [9.17, 15) is 0 Å². The van der Waals surface area contributed by atoms with Crippen molar-refractivity contribution >= 4 is 0 Å². The number of allylic oxidation sites excluding steroid dienone is 2. The second-order valence-electron chi connectivity index (χ2n) is 4.99. The summed E-state index contributed by atoms with van der Waals surface area (Å²) in [5.41, 5.74) is 0.184. The van der Waals surface area contributed by atoms with Crippen molar-refractivity contribution in [3.8, 4) is 0 Å². The molecule has 0 aromatic heterocycles. The summed E-state index contributed by atoms with van der Waals surface area (Å²) in [6, 6.07) is 0. The molecular weight excluding hydrogens is 196 g/mol. The molecule has 0 spiro atoms. The molecule has 16 heavy (non-hydrogen) atoms. The number of nitrogens with zero attached hydrogens (tertiary/aromatic N) is 2. The van der Waals surface area contributed by atoms with Gasteiger partial charge in [0.05, 0.1) is 0 Å². The van der Waals surface area contributed by atoms with Crippen LogP contribution in [-0.4, -0.2) is 5.66 Å². The molecule has 1 atom stereocenters. The third kappa shape index (κ3) is 1.46. The van der Waals surface area contributed by atoms with Gasteiger partial charge in [-0.3, -0.25) is 0 Å². The van der Waals surface area contributed by atoms with E-state index >= 15 is 0 Å². The van der Waals surface area contributed by atoms with Crippen molar-refractivity contribution in [1.82, 2.24) is 0 Å². The van der Waals surface area contributed by atoms with Crippen molar-refractivity contribution in [3.63, 3.8) is 0 Å². The molecule has 0 aromatic carbocycles. The summed E-state index contributed by atoms with van der Waals surface area (Å²) in [4.78, 5) is 7.33. The van der Waals surface area contributed by atoms with Crippen LogP contribution in [0.1, 0.15) is 39.0 Å². The molecule has 0 aromatic rings. The molecule has 82 valence electrons. The van der Waals surface area contributed by atoms with Crippen LogP contribution in [0.4, 0.5) is 0 Å². The van der Waals surface area contributed by atoms with Crippen LogP contribution in [-0.2, 0) is 0 Å². The van der Waals surface area contributed by atoms with Crippen LogP contribution in [0, 0.1) is 18.6 Å². The van der Waals surface area contributed by atoms with Gasteiger partial charge in [0.2, 0.25) is 0 Å². The van der Waals surface area contributed by atoms with Crippen LogP contribution in [0.25, 0.3) is 9.69 Å². The van der Waals surface area contributed by atoms with Crippen molar-refractivity contribution in [1.29, 1.82) is 0 Å². The van der Waals surface area contributed by atoms with Gasteiger partial charge in [0.1, 0.15) is 12.0 Å². The highest BCUT2D eigenvalue weighted by atomic mass is 15.0. The SMILES string of the molecule is [C-]#[N+]C1([N+]#[C-])CC=CCC2(C)CCCC=C21. The van der Waals surface area contributed by atoms with E-state index in [0.717, 1.165) is 24.8 Å². The minimum atomic E-state index is -0.942. The minimum absolute atomic E-state index is 0.0420. The third-order valence-corrected chi connectivity index (χ3v) is 3.87. The summed E-state index contributed by atoms with van der Waals surface area (Å²) >= 11 is 0. The molecule has 2 rings (SSSR count). The smallest absolute Gasteiger partial charge is 0.226 e. The highest BCUT2D eigenvalue weighted by Crippen LogP contribution is 2.50. The summed E-state index contributed by atoms with van der Waals surface area (Å²) in [5, 5.41) is 0. The minimum Gasteiger partial charge on any atom is -0.226 e. The van der Waals surface area contributed by atoms with Crippen molar-refractivity contribution in [2.24, 2.45) is 5.41 Å². The van der Waals surface area contributed by atoms with E-state index in [1.807, 2.05) is 6.08 Å². The van der Waals surface area contributed by atoms with Crippen molar-refractivity contribution in [2.45, 2.75) is 44.7 Å². The fraction of sp³-hybridized carbons (Fsp3) is 0.571. The van der Waals surface area contributed by atoms with Gasteiger partial charge in [-0.05, 0) is 25.7 Å². The summed E-state index contributed by atoms with van der Waals surface area (Å²) < 4.78 is 0. The topological polar surface area (TPSA) is 8.72 Å². The van der Waals surface area contributed by atoms with Crippen LogP contribution < -0.4 is 0 Å². The Morgan fingerprint density at radius 2 is 1.88 bits per heavy atom. The Hall–Kier alpha value is -1.54. The first-order chi connectivity index (χ1) is 7.67. The molecule has 2 aliphatic rings. The lowest BCUT2D eigenvalue weighted by Gasteiger charge is -2.33. The molecule has 0 aliphatic heterocycles. The van der Waals surface area contributed by atoms with E-state index in [1.54, 1.807) is 0 Å². The van der Waals surface area contributed by atoms with Crippen molar-refractivity contribution in [2.75, 3.05) is 0 Å². The predicted molar refractivity (Wildman–Crippen MR) is 64.4 cm³/mol. The van der Waals surface area contributed by atoms with Gasteiger partial charge in [0.25, 0.3) is 0 Å². The lowest BCUT2D eigenvalue weighted by Crippen LogP contribution is -2.34. The molecule has 0 N–H and O–H groups in total. The van der Waals surface area contributed by atoms with Crippen LogP contribution in [0.2, 0.25) is 0 Å². The Labute approximate surface area is 97.3 Å². The zero-order valence-corrected chi connectivity index (χ0v) is 9.66.